The Morgan fingerprint density at radius 2 is 1.43 bits per heavy atom. The second-order valence-electron chi connectivity index (χ2n) is 7.09. The van der Waals surface area contributed by atoms with E-state index in [0.29, 0.717) is 0 Å². The van der Waals surface area contributed by atoms with Gasteiger partial charge >= 0.3 is 7.82 Å². The smallest absolute Gasteiger partial charge is 0.404 e. The molecule has 0 saturated heterocycles. The molecule has 0 aliphatic heterocycles. The Morgan fingerprint density at radius 1 is 0.957 bits per heavy atom. The van der Waals surface area contributed by atoms with E-state index in [9.17, 15) is 4.57 Å². The fourth-order valence-electron chi connectivity index (χ4n) is 4.76. The van der Waals surface area contributed by atoms with Gasteiger partial charge < -0.3 is 4.52 Å². The van der Waals surface area contributed by atoms with Gasteiger partial charge in [0.05, 0.1) is 0 Å². The van der Waals surface area contributed by atoms with Gasteiger partial charge in [0.2, 0.25) is 0 Å². The third-order valence-electron chi connectivity index (χ3n) is 5.14. The van der Waals surface area contributed by atoms with Gasteiger partial charge in [-0.1, -0.05) is 18.2 Å². The van der Waals surface area contributed by atoms with Gasteiger partial charge in [0.25, 0.3) is 0 Å². The van der Waals surface area contributed by atoms with Gasteiger partial charge in [0.15, 0.2) is 0 Å². The van der Waals surface area contributed by atoms with Gasteiger partial charge in [-0.25, -0.2) is 9.45 Å². The molecule has 0 atom stereocenters. The minimum atomic E-state index is -4.39. The van der Waals surface area contributed by atoms with Crippen molar-refractivity contribution in [1.82, 2.24) is 0 Å². The molecule has 4 saturated carbocycles. The standard InChI is InChI=1S/C10H16O2.C6H7O4P/c11-12-10-4-7-1-8(5-10)3-9(2-7)6-10;7-11(8,9)10-6-4-2-1-3-5-6/h7-9,11H,1-6H2;1-5H,(H2,7,8,9). The second kappa shape index (κ2) is 6.54. The molecule has 1 aromatic rings. The Kier molecular flexibility index (Phi) is 4.81. The molecule has 0 heterocycles. The summed E-state index contributed by atoms with van der Waals surface area (Å²) in [5.74, 6) is 2.76. The topological polar surface area (TPSA) is 96.2 Å². The lowest BCUT2D eigenvalue weighted by Gasteiger charge is -2.54. The predicted molar refractivity (Wildman–Crippen MR) is 83.7 cm³/mol. The second-order valence-corrected chi connectivity index (χ2v) is 8.25. The van der Waals surface area contributed by atoms with Crippen LogP contribution in [0.25, 0.3) is 0 Å². The number of para-hydroxylation sites is 1. The maximum atomic E-state index is 10.3. The predicted octanol–water partition coefficient (Wildman–Crippen LogP) is 3.60. The van der Waals surface area contributed by atoms with E-state index in [1.54, 1.807) is 18.2 Å². The van der Waals surface area contributed by atoms with Gasteiger partial charge in [-0.15, -0.1) is 0 Å². The number of hydrogen-bond donors (Lipinski definition) is 3. The minimum Gasteiger partial charge on any atom is -0.404 e. The Balaban J connectivity index is 0.000000137. The summed E-state index contributed by atoms with van der Waals surface area (Å²) >= 11 is 0. The molecule has 0 unspecified atom stereocenters. The average molecular weight is 342 g/mol. The molecule has 6 nitrogen and oxygen atoms in total. The maximum absolute atomic E-state index is 10.3. The molecule has 5 rings (SSSR count). The van der Waals surface area contributed by atoms with E-state index < -0.39 is 7.82 Å². The number of phosphoric ester groups is 1. The monoisotopic (exact) mass is 342 g/mol. The van der Waals surface area contributed by atoms with Crippen LogP contribution in [0.2, 0.25) is 0 Å². The van der Waals surface area contributed by atoms with Crippen molar-refractivity contribution < 1.29 is 29.0 Å². The highest BCUT2D eigenvalue weighted by Gasteiger charge is 2.52. The number of hydrogen-bond acceptors (Lipinski definition) is 4. The number of benzene rings is 1. The summed E-state index contributed by atoms with van der Waals surface area (Å²) in [6.07, 6.45) is 7.58. The summed E-state index contributed by atoms with van der Waals surface area (Å²) in [6, 6.07) is 7.93. The van der Waals surface area contributed by atoms with Crippen LogP contribution >= 0.6 is 7.82 Å². The fourth-order valence-corrected chi connectivity index (χ4v) is 5.16. The van der Waals surface area contributed by atoms with Crippen LogP contribution in [-0.4, -0.2) is 20.6 Å². The van der Waals surface area contributed by atoms with Gasteiger partial charge in [-0.3, -0.25) is 15.0 Å². The van der Waals surface area contributed by atoms with Crippen molar-refractivity contribution in [2.45, 2.75) is 44.1 Å². The minimum absolute atomic E-state index is 0.102. The van der Waals surface area contributed by atoms with Crippen LogP contribution in [0.4, 0.5) is 0 Å². The molecule has 0 spiro atoms. The molecule has 1 aromatic carbocycles. The van der Waals surface area contributed by atoms with Crippen LogP contribution in [-0.2, 0) is 9.45 Å². The largest absolute Gasteiger partial charge is 0.524 e. The summed E-state index contributed by atoms with van der Waals surface area (Å²) in [6.45, 7) is 0. The first kappa shape index (κ1) is 16.9. The summed E-state index contributed by atoms with van der Waals surface area (Å²) < 4.78 is 14.5. The van der Waals surface area contributed by atoms with Crippen molar-refractivity contribution in [1.29, 1.82) is 0 Å². The Morgan fingerprint density at radius 3 is 1.83 bits per heavy atom. The summed E-state index contributed by atoms with van der Waals surface area (Å²) in [7, 11) is -4.39. The normalized spacial score (nSPS) is 34.7. The molecule has 0 radical (unpaired) electrons. The van der Waals surface area contributed by atoms with E-state index in [2.05, 4.69) is 4.52 Å². The first-order valence-corrected chi connectivity index (χ1v) is 9.53. The summed E-state index contributed by atoms with van der Waals surface area (Å²) in [4.78, 5) is 21.5. The SMILES string of the molecule is O=P(O)(O)Oc1ccccc1.OOC12CC3CC(CC(C3)C1)C2. The van der Waals surface area contributed by atoms with Crippen molar-refractivity contribution in [2.75, 3.05) is 0 Å². The van der Waals surface area contributed by atoms with Crippen LogP contribution < -0.4 is 4.52 Å². The molecular formula is C16H23O6P. The highest BCUT2D eigenvalue weighted by molar-refractivity contribution is 7.46. The van der Waals surface area contributed by atoms with Crippen molar-refractivity contribution >= 4 is 7.82 Å². The molecular weight excluding hydrogens is 319 g/mol. The van der Waals surface area contributed by atoms with Gasteiger partial charge in [0, 0.05) is 0 Å². The molecule has 7 heteroatoms. The van der Waals surface area contributed by atoms with E-state index in [-0.39, 0.29) is 11.4 Å². The average Bonchev–Trinajstić information content (AvgIpc) is 2.46. The molecule has 4 bridgehead atoms. The van der Waals surface area contributed by atoms with Crippen LogP contribution in [0.3, 0.4) is 0 Å². The van der Waals surface area contributed by atoms with Gasteiger partial charge in [0.1, 0.15) is 11.4 Å². The Bertz CT molecular complexity index is 534. The number of rotatable bonds is 3. The molecule has 4 fully saturated rings. The lowest BCUT2D eigenvalue weighted by atomic mass is 9.54. The highest BCUT2D eigenvalue weighted by atomic mass is 31.2. The Hall–Kier alpha value is -0.910. The van der Waals surface area contributed by atoms with E-state index in [4.69, 9.17) is 19.9 Å². The highest BCUT2D eigenvalue weighted by Crippen LogP contribution is 2.56. The van der Waals surface area contributed by atoms with Crippen molar-refractivity contribution in [3.63, 3.8) is 0 Å². The number of phosphoric acid groups is 1. The third kappa shape index (κ3) is 4.34. The first-order chi connectivity index (χ1) is 10.9. The summed E-state index contributed by atoms with van der Waals surface area (Å²) in [5, 5.41) is 8.93. The first-order valence-electron chi connectivity index (χ1n) is 8.00. The van der Waals surface area contributed by atoms with Crippen LogP contribution in [0, 0.1) is 17.8 Å². The van der Waals surface area contributed by atoms with Crippen LogP contribution in [0.15, 0.2) is 30.3 Å². The maximum Gasteiger partial charge on any atom is 0.524 e. The Labute approximate surface area is 135 Å². The molecule has 0 amide bonds. The van der Waals surface area contributed by atoms with Crippen molar-refractivity contribution in [2.24, 2.45) is 17.8 Å². The lowest BCUT2D eigenvalue weighted by Crippen LogP contribution is -2.51. The van der Waals surface area contributed by atoms with Crippen LogP contribution in [0.1, 0.15) is 38.5 Å². The van der Waals surface area contributed by atoms with E-state index in [1.165, 1.54) is 31.4 Å². The molecule has 23 heavy (non-hydrogen) atoms. The van der Waals surface area contributed by atoms with E-state index in [0.717, 1.165) is 37.0 Å². The van der Waals surface area contributed by atoms with Crippen molar-refractivity contribution in [3.8, 4) is 5.75 Å². The van der Waals surface area contributed by atoms with Gasteiger partial charge in [-0.2, -0.15) is 0 Å². The quantitative estimate of drug-likeness (QED) is 0.441. The summed E-state index contributed by atoms with van der Waals surface area (Å²) in [5.41, 5.74) is -0.102. The molecule has 4 aliphatic carbocycles. The molecule has 3 N–H and O–H groups in total. The zero-order chi connectivity index (χ0) is 16.5. The lowest BCUT2D eigenvalue weighted by molar-refractivity contribution is -0.355. The fraction of sp³-hybridized carbons (Fsp3) is 0.625. The molecule has 128 valence electrons. The van der Waals surface area contributed by atoms with Crippen molar-refractivity contribution in [3.05, 3.63) is 30.3 Å². The van der Waals surface area contributed by atoms with Gasteiger partial charge in [-0.05, 0) is 68.4 Å². The van der Waals surface area contributed by atoms with E-state index >= 15 is 0 Å². The molecule has 0 aromatic heterocycles. The third-order valence-corrected chi connectivity index (χ3v) is 5.59. The molecule has 4 aliphatic rings. The zero-order valence-electron chi connectivity index (χ0n) is 12.9. The zero-order valence-corrected chi connectivity index (χ0v) is 13.8. The van der Waals surface area contributed by atoms with E-state index in [1.807, 2.05) is 0 Å². The van der Waals surface area contributed by atoms with Crippen LogP contribution in [0.5, 0.6) is 5.75 Å².